The molecule has 1 saturated carbocycles. The van der Waals surface area contributed by atoms with Crippen LogP contribution in [-0.2, 0) is 4.79 Å². The Balaban J connectivity index is 1.47. The van der Waals surface area contributed by atoms with Crippen molar-refractivity contribution < 1.29 is 14.7 Å². The Labute approximate surface area is 228 Å². The van der Waals surface area contributed by atoms with Gasteiger partial charge in [0.25, 0.3) is 0 Å². The number of hydrogen-bond donors (Lipinski definition) is 2. The highest BCUT2D eigenvalue weighted by molar-refractivity contribution is 5.85. The average molecular weight is 520 g/mol. The number of rotatable bonds is 9. The van der Waals surface area contributed by atoms with Crippen LogP contribution in [0.25, 0.3) is 0 Å². The predicted octanol–water partition coefficient (Wildman–Crippen LogP) is 6.04. The van der Waals surface area contributed by atoms with Gasteiger partial charge >= 0.3 is 6.09 Å². The van der Waals surface area contributed by atoms with Crippen LogP contribution in [0, 0.1) is 23.2 Å². The molecule has 1 aliphatic carbocycles. The van der Waals surface area contributed by atoms with E-state index in [0.29, 0.717) is 18.3 Å². The Hall–Kier alpha value is -2.86. The summed E-state index contributed by atoms with van der Waals surface area (Å²) in [5, 5.41) is 13.0. The van der Waals surface area contributed by atoms with Crippen LogP contribution in [-0.4, -0.2) is 59.1 Å². The lowest BCUT2D eigenvalue weighted by Crippen LogP contribution is -2.52. The molecule has 4 rings (SSSR count). The molecule has 1 unspecified atom stereocenters. The average Bonchev–Trinajstić information content (AvgIpc) is 3.44. The maximum Gasteiger partial charge on any atom is 0.407 e. The normalized spacial score (nSPS) is 23.2. The van der Waals surface area contributed by atoms with E-state index >= 15 is 0 Å². The maximum absolute atomic E-state index is 13.6. The first-order valence-corrected chi connectivity index (χ1v) is 14.1. The quantitative estimate of drug-likeness (QED) is 0.423. The fraction of sp³-hybridized carbons (Fsp3) is 0.562. The zero-order valence-corrected chi connectivity index (χ0v) is 23.6. The van der Waals surface area contributed by atoms with Gasteiger partial charge in [0.1, 0.15) is 6.04 Å². The second-order valence-corrected chi connectivity index (χ2v) is 12.8. The molecule has 0 aromatic heterocycles. The van der Waals surface area contributed by atoms with Crippen LogP contribution in [0.2, 0.25) is 0 Å². The predicted molar refractivity (Wildman–Crippen MR) is 152 cm³/mol. The Morgan fingerprint density at radius 2 is 1.58 bits per heavy atom. The minimum absolute atomic E-state index is 0.0762. The standard InChI is InChI=1S/C32H45N3O3/c1-22(19-32(2,3)4)18-28(34(5)31(37)38)30(36)33-27-17-16-25-20-35(21-26(25)27)29(23-12-8-6-9-13-23)24-14-10-7-11-15-24/h6-15,22,25-29H,16-21H2,1-5H3,(H,33,36)(H,37,38)/t22-,25-,26+,27+,28?/m0/s1. The van der Waals surface area contributed by atoms with Crippen molar-refractivity contribution in [3.8, 4) is 0 Å². The number of carboxylic acid groups (broad SMARTS) is 1. The second-order valence-electron chi connectivity index (χ2n) is 12.8. The van der Waals surface area contributed by atoms with Crippen LogP contribution in [0.5, 0.6) is 0 Å². The summed E-state index contributed by atoms with van der Waals surface area (Å²) in [6.07, 6.45) is 2.45. The van der Waals surface area contributed by atoms with E-state index in [4.69, 9.17) is 0 Å². The summed E-state index contributed by atoms with van der Waals surface area (Å²) in [4.78, 5) is 29.2. The van der Waals surface area contributed by atoms with Crippen molar-refractivity contribution in [3.63, 3.8) is 0 Å². The van der Waals surface area contributed by atoms with Gasteiger partial charge in [-0.15, -0.1) is 0 Å². The molecule has 2 aliphatic rings. The van der Waals surface area contributed by atoms with E-state index in [1.54, 1.807) is 0 Å². The van der Waals surface area contributed by atoms with Crippen molar-refractivity contribution in [1.29, 1.82) is 0 Å². The van der Waals surface area contributed by atoms with E-state index in [9.17, 15) is 14.7 Å². The van der Waals surface area contributed by atoms with Crippen molar-refractivity contribution in [2.24, 2.45) is 23.2 Å². The summed E-state index contributed by atoms with van der Waals surface area (Å²) >= 11 is 0. The SMILES string of the molecule is C[C@@H](CC(C(=O)N[C@@H]1CC[C@H]2CN(C(c3ccccc3)c3ccccc3)C[C@H]21)N(C)C(=O)O)CC(C)(C)C. The summed E-state index contributed by atoms with van der Waals surface area (Å²) < 4.78 is 0. The third kappa shape index (κ3) is 6.76. The fourth-order valence-corrected chi connectivity index (χ4v) is 6.94. The lowest BCUT2D eigenvalue weighted by Gasteiger charge is -2.32. The van der Waals surface area contributed by atoms with Crippen LogP contribution < -0.4 is 5.32 Å². The van der Waals surface area contributed by atoms with Crippen LogP contribution in [0.3, 0.4) is 0 Å². The number of carbonyl (C=O) groups is 2. The molecule has 1 heterocycles. The van der Waals surface area contributed by atoms with Gasteiger partial charge in [-0.05, 0) is 60.0 Å². The molecule has 2 amide bonds. The number of carbonyl (C=O) groups excluding carboxylic acids is 1. The van der Waals surface area contributed by atoms with Gasteiger partial charge in [0, 0.05) is 26.2 Å². The zero-order chi connectivity index (χ0) is 27.4. The summed E-state index contributed by atoms with van der Waals surface area (Å²) in [5.74, 6) is 0.994. The van der Waals surface area contributed by atoms with Crippen molar-refractivity contribution in [1.82, 2.24) is 15.1 Å². The topological polar surface area (TPSA) is 72.9 Å². The molecule has 5 atom stereocenters. The Morgan fingerprint density at radius 1 is 1.00 bits per heavy atom. The summed E-state index contributed by atoms with van der Waals surface area (Å²) in [7, 11) is 1.52. The summed E-state index contributed by atoms with van der Waals surface area (Å²) in [5.41, 5.74) is 2.70. The van der Waals surface area contributed by atoms with Crippen molar-refractivity contribution in [3.05, 3.63) is 71.8 Å². The van der Waals surface area contributed by atoms with E-state index in [-0.39, 0.29) is 29.3 Å². The number of likely N-dealkylation sites (N-methyl/N-ethyl adjacent to an activating group) is 1. The molecule has 1 saturated heterocycles. The molecular weight excluding hydrogens is 474 g/mol. The molecule has 2 N–H and O–H groups in total. The highest BCUT2D eigenvalue weighted by Crippen LogP contribution is 2.43. The third-order valence-electron chi connectivity index (χ3n) is 8.47. The number of nitrogens with one attached hydrogen (secondary N) is 1. The molecule has 2 aromatic carbocycles. The fourth-order valence-electron chi connectivity index (χ4n) is 6.94. The summed E-state index contributed by atoms with van der Waals surface area (Å²) in [6.45, 7) is 10.6. The van der Waals surface area contributed by atoms with Crippen LogP contribution in [0.4, 0.5) is 4.79 Å². The van der Waals surface area contributed by atoms with Crippen molar-refractivity contribution >= 4 is 12.0 Å². The van der Waals surface area contributed by atoms with Gasteiger partial charge in [-0.25, -0.2) is 4.79 Å². The number of likely N-dealkylation sites (tertiary alicyclic amines) is 1. The minimum Gasteiger partial charge on any atom is -0.465 e. The van der Waals surface area contributed by atoms with Crippen molar-refractivity contribution in [2.75, 3.05) is 20.1 Å². The molecule has 1 aliphatic heterocycles. The molecular formula is C32H45N3O3. The van der Waals surface area contributed by atoms with Gasteiger partial charge in [-0.1, -0.05) is 88.4 Å². The van der Waals surface area contributed by atoms with Crippen LogP contribution in [0.1, 0.15) is 70.5 Å². The molecule has 6 nitrogen and oxygen atoms in total. The first-order chi connectivity index (χ1) is 18.0. The Bertz CT molecular complexity index is 1030. The Morgan fingerprint density at radius 3 is 2.11 bits per heavy atom. The first-order valence-electron chi connectivity index (χ1n) is 14.1. The van der Waals surface area contributed by atoms with Gasteiger partial charge in [0.05, 0.1) is 6.04 Å². The second kappa shape index (κ2) is 11.9. The maximum atomic E-state index is 13.6. The van der Waals surface area contributed by atoms with E-state index in [1.165, 1.54) is 23.1 Å². The number of fused-ring (bicyclic) bond motifs is 1. The molecule has 0 bridgehead atoms. The molecule has 6 heteroatoms. The van der Waals surface area contributed by atoms with Gasteiger partial charge in [0.2, 0.25) is 5.91 Å². The number of amides is 2. The molecule has 0 spiro atoms. The van der Waals surface area contributed by atoms with Gasteiger partial charge in [-0.2, -0.15) is 0 Å². The van der Waals surface area contributed by atoms with E-state index in [1.807, 2.05) is 0 Å². The van der Waals surface area contributed by atoms with Gasteiger partial charge in [-0.3, -0.25) is 14.6 Å². The lowest BCUT2D eigenvalue weighted by atomic mass is 9.82. The largest absolute Gasteiger partial charge is 0.465 e. The minimum atomic E-state index is -1.06. The third-order valence-corrected chi connectivity index (χ3v) is 8.47. The van der Waals surface area contributed by atoms with Crippen LogP contribution in [0.15, 0.2) is 60.7 Å². The zero-order valence-electron chi connectivity index (χ0n) is 23.6. The number of hydrogen-bond acceptors (Lipinski definition) is 3. The monoisotopic (exact) mass is 519 g/mol. The van der Waals surface area contributed by atoms with Gasteiger partial charge < -0.3 is 10.4 Å². The smallest absolute Gasteiger partial charge is 0.407 e. The van der Waals surface area contributed by atoms with E-state index in [0.717, 1.165) is 32.4 Å². The van der Waals surface area contributed by atoms with E-state index in [2.05, 4.69) is 98.6 Å². The van der Waals surface area contributed by atoms with E-state index < -0.39 is 12.1 Å². The lowest BCUT2D eigenvalue weighted by molar-refractivity contribution is -0.127. The molecule has 2 fully saturated rings. The molecule has 0 radical (unpaired) electrons. The molecule has 206 valence electrons. The molecule has 2 aromatic rings. The Kier molecular flexibility index (Phi) is 8.81. The number of benzene rings is 2. The van der Waals surface area contributed by atoms with Crippen LogP contribution >= 0.6 is 0 Å². The molecule has 38 heavy (non-hydrogen) atoms. The van der Waals surface area contributed by atoms with Gasteiger partial charge in [0.15, 0.2) is 0 Å². The highest BCUT2D eigenvalue weighted by atomic mass is 16.4. The highest BCUT2D eigenvalue weighted by Gasteiger charge is 2.46. The van der Waals surface area contributed by atoms with Crippen molar-refractivity contribution in [2.45, 2.75) is 71.5 Å². The summed E-state index contributed by atoms with van der Waals surface area (Å²) in [6, 6.07) is 20.9. The number of nitrogens with zero attached hydrogens (tertiary/aromatic N) is 2. The first kappa shape index (κ1) is 28.2.